The lowest BCUT2D eigenvalue weighted by Crippen LogP contribution is -2.46. The number of nitrogens with zero attached hydrogens (tertiary/aromatic N) is 5. The van der Waals surface area contributed by atoms with Crippen molar-refractivity contribution in [3.63, 3.8) is 0 Å². The fourth-order valence-electron chi connectivity index (χ4n) is 2.35. The molecular formula is C14H18N6. The molecule has 2 aromatic rings. The SMILES string of the molecule is Nc1ccc(CN2CCN(c3ncccn3)CC2)cn1. The number of nitrogen functional groups attached to an aromatic ring is 1. The van der Waals surface area contributed by atoms with Gasteiger partial charge in [-0.05, 0) is 17.7 Å². The molecule has 0 atom stereocenters. The van der Waals surface area contributed by atoms with E-state index < -0.39 is 0 Å². The summed E-state index contributed by atoms with van der Waals surface area (Å²) in [5.74, 6) is 1.39. The Morgan fingerprint density at radius 2 is 1.75 bits per heavy atom. The van der Waals surface area contributed by atoms with Crippen molar-refractivity contribution in [3.8, 4) is 0 Å². The summed E-state index contributed by atoms with van der Waals surface area (Å²) in [6.45, 7) is 4.82. The number of aromatic nitrogens is 3. The lowest BCUT2D eigenvalue weighted by Gasteiger charge is -2.34. The smallest absolute Gasteiger partial charge is 0.225 e. The van der Waals surface area contributed by atoms with Crippen LogP contribution in [0.1, 0.15) is 5.56 Å². The molecular weight excluding hydrogens is 252 g/mol. The van der Waals surface area contributed by atoms with Gasteiger partial charge in [0.25, 0.3) is 0 Å². The summed E-state index contributed by atoms with van der Waals surface area (Å²) in [4.78, 5) is 17.3. The van der Waals surface area contributed by atoms with E-state index in [2.05, 4.69) is 24.8 Å². The summed E-state index contributed by atoms with van der Waals surface area (Å²) >= 11 is 0. The molecule has 0 spiro atoms. The molecule has 2 N–H and O–H groups in total. The molecule has 3 heterocycles. The average molecular weight is 270 g/mol. The van der Waals surface area contributed by atoms with Gasteiger partial charge in [0.1, 0.15) is 5.82 Å². The van der Waals surface area contributed by atoms with Gasteiger partial charge in [-0.15, -0.1) is 0 Å². The molecule has 2 aromatic heterocycles. The number of piperazine rings is 1. The Morgan fingerprint density at radius 3 is 2.40 bits per heavy atom. The predicted molar refractivity (Wildman–Crippen MR) is 78.2 cm³/mol. The fraction of sp³-hybridized carbons (Fsp3) is 0.357. The molecule has 1 saturated heterocycles. The van der Waals surface area contributed by atoms with Crippen LogP contribution in [0.15, 0.2) is 36.8 Å². The van der Waals surface area contributed by atoms with Crippen LogP contribution in [-0.2, 0) is 6.54 Å². The van der Waals surface area contributed by atoms with E-state index in [0.717, 1.165) is 38.7 Å². The van der Waals surface area contributed by atoms with Gasteiger partial charge in [-0.25, -0.2) is 15.0 Å². The highest BCUT2D eigenvalue weighted by Gasteiger charge is 2.18. The molecule has 0 radical (unpaired) electrons. The zero-order valence-corrected chi connectivity index (χ0v) is 11.3. The lowest BCUT2D eigenvalue weighted by atomic mass is 10.2. The average Bonchev–Trinajstić information content (AvgIpc) is 2.51. The van der Waals surface area contributed by atoms with Gasteiger partial charge in [0, 0.05) is 51.3 Å². The normalized spacial score (nSPS) is 16.3. The molecule has 0 bridgehead atoms. The maximum atomic E-state index is 5.60. The van der Waals surface area contributed by atoms with Crippen LogP contribution < -0.4 is 10.6 Å². The molecule has 6 heteroatoms. The Morgan fingerprint density at radius 1 is 1.00 bits per heavy atom. The van der Waals surface area contributed by atoms with Crippen LogP contribution in [0, 0.1) is 0 Å². The van der Waals surface area contributed by atoms with Gasteiger partial charge in [-0.1, -0.05) is 6.07 Å². The number of rotatable bonds is 3. The fourth-order valence-corrected chi connectivity index (χ4v) is 2.35. The van der Waals surface area contributed by atoms with Gasteiger partial charge in [-0.2, -0.15) is 0 Å². The lowest BCUT2D eigenvalue weighted by molar-refractivity contribution is 0.248. The summed E-state index contributed by atoms with van der Waals surface area (Å²) in [5, 5.41) is 0. The minimum atomic E-state index is 0.569. The van der Waals surface area contributed by atoms with E-state index in [-0.39, 0.29) is 0 Å². The number of pyridine rings is 1. The number of hydrogen-bond acceptors (Lipinski definition) is 6. The molecule has 1 aliphatic heterocycles. The van der Waals surface area contributed by atoms with Crippen molar-refractivity contribution in [2.45, 2.75) is 6.54 Å². The number of hydrogen-bond donors (Lipinski definition) is 1. The zero-order valence-electron chi connectivity index (χ0n) is 11.3. The molecule has 3 rings (SSSR count). The van der Waals surface area contributed by atoms with Gasteiger partial charge in [0.05, 0.1) is 0 Å². The quantitative estimate of drug-likeness (QED) is 0.888. The maximum Gasteiger partial charge on any atom is 0.225 e. The highest BCUT2D eigenvalue weighted by atomic mass is 15.3. The Labute approximate surface area is 118 Å². The highest BCUT2D eigenvalue weighted by Crippen LogP contribution is 2.12. The van der Waals surface area contributed by atoms with Crippen molar-refractivity contribution < 1.29 is 0 Å². The van der Waals surface area contributed by atoms with Crippen molar-refractivity contribution in [1.29, 1.82) is 0 Å². The Kier molecular flexibility index (Phi) is 3.73. The van der Waals surface area contributed by atoms with Crippen LogP contribution in [0.5, 0.6) is 0 Å². The minimum absolute atomic E-state index is 0.569. The van der Waals surface area contributed by atoms with Gasteiger partial charge < -0.3 is 10.6 Å². The van der Waals surface area contributed by atoms with E-state index in [1.54, 1.807) is 12.4 Å². The van der Waals surface area contributed by atoms with Crippen LogP contribution in [0.3, 0.4) is 0 Å². The molecule has 1 aliphatic rings. The summed E-state index contributed by atoms with van der Waals surface area (Å²) in [5.41, 5.74) is 6.79. The monoisotopic (exact) mass is 270 g/mol. The highest BCUT2D eigenvalue weighted by molar-refractivity contribution is 5.30. The summed E-state index contributed by atoms with van der Waals surface area (Å²) in [6, 6.07) is 5.73. The first-order valence-corrected chi connectivity index (χ1v) is 6.76. The Balaban J connectivity index is 1.55. The predicted octanol–water partition coefficient (Wildman–Crippen LogP) is 0.776. The topological polar surface area (TPSA) is 71.2 Å². The van der Waals surface area contributed by atoms with Crippen molar-refractivity contribution in [1.82, 2.24) is 19.9 Å². The number of nitrogens with two attached hydrogens (primary N) is 1. The van der Waals surface area contributed by atoms with Crippen LogP contribution in [0.2, 0.25) is 0 Å². The van der Waals surface area contributed by atoms with E-state index in [4.69, 9.17) is 5.73 Å². The molecule has 0 saturated carbocycles. The van der Waals surface area contributed by atoms with Gasteiger partial charge >= 0.3 is 0 Å². The van der Waals surface area contributed by atoms with Crippen LogP contribution in [0.25, 0.3) is 0 Å². The van der Waals surface area contributed by atoms with E-state index in [9.17, 15) is 0 Å². The van der Waals surface area contributed by atoms with E-state index in [0.29, 0.717) is 5.82 Å². The van der Waals surface area contributed by atoms with Crippen LogP contribution >= 0.6 is 0 Å². The van der Waals surface area contributed by atoms with E-state index in [1.807, 2.05) is 24.4 Å². The van der Waals surface area contributed by atoms with Crippen molar-refractivity contribution in [2.24, 2.45) is 0 Å². The van der Waals surface area contributed by atoms with E-state index >= 15 is 0 Å². The third kappa shape index (κ3) is 3.03. The van der Waals surface area contributed by atoms with Gasteiger partial charge in [0.15, 0.2) is 0 Å². The van der Waals surface area contributed by atoms with Gasteiger partial charge in [-0.3, -0.25) is 4.90 Å². The first-order chi connectivity index (χ1) is 9.81. The van der Waals surface area contributed by atoms with Crippen LogP contribution in [-0.4, -0.2) is 46.0 Å². The van der Waals surface area contributed by atoms with Crippen molar-refractivity contribution >= 4 is 11.8 Å². The molecule has 0 aliphatic carbocycles. The minimum Gasteiger partial charge on any atom is -0.384 e. The number of anilines is 2. The third-order valence-corrected chi connectivity index (χ3v) is 3.46. The van der Waals surface area contributed by atoms with Gasteiger partial charge in [0.2, 0.25) is 5.95 Å². The first-order valence-electron chi connectivity index (χ1n) is 6.76. The van der Waals surface area contributed by atoms with Crippen molar-refractivity contribution in [3.05, 3.63) is 42.4 Å². The molecule has 6 nitrogen and oxygen atoms in total. The second-order valence-corrected chi connectivity index (χ2v) is 4.90. The molecule has 0 aromatic carbocycles. The second-order valence-electron chi connectivity index (χ2n) is 4.90. The Hall–Kier alpha value is -2.21. The maximum absolute atomic E-state index is 5.60. The molecule has 20 heavy (non-hydrogen) atoms. The summed E-state index contributed by atoms with van der Waals surface area (Å²) in [6.07, 6.45) is 5.42. The summed E-state index contributed by atoms with van der Waals surface area (Å²) in [7, 11) is 0. The summed E-state index contributed by atoms with van der Waals surface area (Å²) < 4.78 is 0. The Bertz CT molecular complexity index is 533. The molecule has 1 fully saturated rings. The zero-order chi connectivity index (χ0) is 13.8. The second kappa shape index (κ2) is 5.83. The first kappa shape index (κ1) is 12.8. The molecule has 0 amide bonds. The standard InChI is InChI=1S/C14H18N6/c15-13-3-2-12(10-18-13)11-19-6-8-20(9-7-19)14-16-4-1-5-17-14/h1-5,10H,6-9,11H2,(H2,15,18). The van der Waals surface area contributed by atoms with E-state index in [1.165, 1.54) is 5.56 Å². The van der Waals surface area contributed by atoms with Crippen molar-refractivity contribution in [2.75, 3.05) is 36.8 Å². The molecule has 0 unspecified atom stereocenters. The third-order valence-electron chi connectivity index (χ3n) is 3.46. The van der Waals surface area contributed by atoms with Crippen LogP contribution in [0.4, 0.5) is 11.8 Å². The largest absolute Gasteiger partial charge is 0.384 e. The molecule has 104 valence electrons.